The van der Waals surface area contributed by atoms with Crippen LogP contribution in [-0.4, -0.2) is 78.5 Å². The van der Waals surface area contributed by atoms with Crippen LogP contribution >= 0.6 is 11.6 Å². The lowest BCUT2D eigenvalue weighted by Crippen LogP contribution is -2.46. The van der Waals surface area contributed by atoms with E-state index in [1.165, 1.54) is 12.8 Å². The Hall–Kier alpha value is -1.14. The Morgan fingerprint density at radius 1 is 1.18 bits per heavy atom. The van der Waals surface area contributed by atoms with Gasteiger partial charge >= 0.3 is 0 Å². The van der Waals surface area contributed by atoms with Gasteiger partial charge in [0.15, 0.2) is 0 Å². The first-order chi connectivity index (χ1) is 13.5. The minimum Gasteiger partial charge on any atom is -0.342 e. The molecule has 1 N–H and O–H groups in total. The fourth-order valence-electron chi connectivity index (χ4n) is 4.56. The molecule has 1 aromatic rings. The largest absolute Gasteiger partial charge is 0.342 e. The molecule has 0 unspecified atom stereocenters. The third kappa shape index (κ3) is 5.26. The number of carbonyl (C=O) groups excluding carboxylic acids is 1. The number of amides is 1. The van der Waals surface area contributed by atoms with Crippen molar-refractivity contribution >= 4 is 17.5 Å². The summed E-state index contributed by atoms with van der Waals surface area (Å²) in [5.74, 6) is 0.254. The molecule has 156 valence electrons. The van der Waals surface area contributed by atoms with Gasteiger partial charge in [-0.05, 0) is 64.9 Å². The van der Waals surface area contributed by atoms with Crippen LogP contribution in [0.4, 0.5) is 0 Å². The van der Waals surface area contributed by atoms with Crippen LogP contribution < -0.4 is 5.32 Å². The van der Waals surface area contributed by atoms with Crippen molar-refractivity contribution in [1.29, 1.82) is 0 Å². The SMILES string of the molecule is CCN(CC)C(=O)[C@@H]1C[C@H](NC2CCN(C)CC2)CN1Cc1ccccc1Cl. The van der Waals surface area contributed by atoms with Gasteiger partial charge in [-0.3, -0.25) is 9.69 Å². The van der Waals surface area contributed by atoms with Crippen LogP contribution in [0, 0.1) is 0 Å². The summed E-state index contributed by atoms with van der Waals surface area (Å²) in [6.45, 7) is 9.56. The van der Waals surface area contributed by atoms with Crippen molar-refractivity contribution in [2.45, 2.75) is 57.8 Å². The van der Waals surface area contributed by atoms with Crippen molar-refractivity contribution < 1.29 is 4.79 Å². The van der Waals surface area contributed by atoms with E-state index in [1.807, 2.05) is 23.1 Å². The molecule has 2 fully saturated rings. The summed E-state index contributed by atoms with van der Waals surface area (Å²) in [6.07, 6.45) is 3.25. The Balaban J connectivity index is 1.70. The van der Waals surface area contributed by atoms with E-state index >= 15 is 0 Å². The Bertz CT molecular complexity index is 643. The average Bonchev–Trinajstić information content (AvgIpc) is 3.08. The molecule has 0 saturated carbocycles. The van der Waals surface area contributed by atoms with E-state index in [2.05, 4.69) is 42.1 Å². The summed E-state index contributed by atoms with van der Waals surface area (Å²) >= 11 is 6.41. The lowest BCUT2D eigenvalue weighted by molar-refractivity contribution is -0.135. The van der Waals surface area contributed by atoms with Crippen LogP contribution in [0.25, 0.3) is 0 Å². The van der Waals surface area contributed by atoms with Gasteiger partial charge in [-0.15, -0.1) is 0 Å². The number of hydrogen-bond donors (Lipinski definition) is 1. The Labute approximate surface area is 175 Å². The van der Waals surface area contributed by atoms with E-state index in [4.69, 9.17) is 11.6 Å². The number of benzene rings is 1. The molecule has 0 spiro atoms. The molecule has 2 saturated heterocycles. The fourth-order valence-corrected chi connectivity index (χ4v) is 4.75. The summed E-state index contributed by atoms with van der Waals surface area (Å²) < 4.78 is 0. The zero-order valence-corrected chi connectivity index (χ0v) is 18.3. The van der Waals surface area contributed by atoms with Crippen LogP contribution in [0.1, 0.15) is 38.7 Å². The van der Waals surface area contributed by atoms with Crippen molar-refractivity contribution in [1.82, 2.24) is 20.0 Å². The van der Waals surface area contributed by atoms with Crippen molar-refractivity contribution in [3.05, 3.63) is 34.9 Å². The van der Waals surface area contributed by atoms with Crippen LogP contribution in [-0.2, 0) is 11.3 Å². The molecule has 0 bridgehead atoms. The monoisotopic (exact) mass is 406 g/mol. The van der Waals surface area contributed by atoms with E-state index in [9.17, 15) is 4.79 Å². The molecule has 5 nitrogen and oxygen atoms in total. The Morgan fingerprint density at radius 2 is 1.86 bits per heavy atom. The summed E-state index contributed by atoms with van der Waals surface area (Å²) in [5.41, 5.74) is 1.10. The average molecular weight is 407 g/mol. The van der Waals surface area contributed by atoms with Crippen molar-refractivity contribution in [2.75, 3.05) is 39.8 Å². The Kier molecular flexibility index (Phi) is 7.75. The smallest absolute Gasteiger partial charge is 0.239 e. The molecule has 3 rings (SSSR count). The molecule has 1 aromatic carbocycles. The van der Waals surface area contributed by atoms with Gasteiger partial charge in [0.1, 0.15) is 0 Å². The summed E-state index contributed by atoms with van der Waals surface area (Å²) in [6, 6.07) is 8.83. The molecule has 2 atom stereocenters. The lowest BCUT2D eigenvalue weighted by Gasteiger charge is -2.31. The molecule has 6 heteroatoms. The highest BCUT2D eigenvalue weighted by Gasteiger charge is 2.39. The van der Waals surface area contributed by atoms with Gasteiger partial charge in [0.2, 0.25) is 5.91 Å². The van der Waals surface area contributed by atoms with E-state index < -0.39 is 0 Å². The van der Waals surface area contributed by atoms with E-state index in [-0.39, 0.29) is 11.9 Å². The third-order valence-electron chi connectivity index (χ3n) is 6.28. The molecular formula is C22H35ClN4O. The highest BCUT2D eigenvalue weighted by molar-refractivity contribution is 6.31. The molecule has 0 radical (unpaired) electrons. The van der Waals surface area contributed by atoms with Gasteiger partial charge in [-0.2, -0.15) is 0 Å². The molecule has 2 heterocycles. The predicted molar refractivity (Wildman–Crippen MR) is 116 cm³/mol. The number of carbonyl (C=O) groups is 1. The van der Waals surface area contributed by atoms with Gasteiger partial charge in [0.05, 0.1) is 6.04 Å². The fraction of sp³-hybridized carbons (Fsp3) is 0.682. The number of hydrogen-bond acceptors (Lipinski definition) is 4. The van der Waals surface area contributed by atoms with Crippen molar-refractivity contribution in [3.63, 3.8) is 0 Å². The molecule has 0 aliphatic carbocycles. The number of nitrogens with one attached hydrogen (secondary N) is 1. The molecule has 1 amide bonds. The van der Waals surface area contributed by atoms with E-state index in [0.717, 1.165) is 56.3 Å². The Morgan fingerprint density at radius 3 is 2.50 bits per heavy atom. The third-order valence-corrected chi connectivity index (χ3v) is 6.65. The summed E-state index contributed by atoms with van der Waals surface area (Å²) in [4.78, 5) is 19.9. The van der Waals surface area contributed by atoms with Gasteiger partial charge in [-0.1, -0.05) is 29.8 Å². The zero-order chi connectivity index (χ0) is 20.1. The summed E-state index contributed by atoms with van der Waals surface area (Å²) in [7, 11) is 2.19. The normalized spacial score (nSPS) is 24.6. The molecule has 2 aliphatic heterocycles. The number of rotatable bonds is 7. The molecular weight excluding hydrogens is 372 g/mol. The first-order valence-electron chi connectivity index (χ1n) is 10.7. The number of piperidine rings is 1. The molecule has 0 aromatic heterocycles. The van der Waals surface area contributed by atoms with Crippen molar-refractivity contribution in [3.8, 4) is 0 Å². The number of nitrogens with zero attached hydrogens (tertiary/aromatic N) is 3. The van der Waals surface area contributed by atoms with Crippen LogP contribution in [0.15, 0.2) is 24.3 Å². The second-order valence-corrected chi connectivity index (χ2v) is 8.63. The number of likely N-dealkylation sites (tertiary alicyclic amines) is 2. The second kappa shape index (κ2) is 10.1. The van der Waals surface area contributed by atoms with Gasteiger partial charge in [0, 0.05) is 43.3 Å². The van der Waals surface area contributed by atoms with Gasteiger partial charge in [0.25, 0.3) is 0 Å². The zero-order valence-electron chi connectivity index (χ0n) is 17.5. The molecule has 2 aliphatic rings. The van der Waals surface area contributed by atoms with E-state index in [1.54, 1.807) is 0 Å². The first-order valence-corrected chi connectivity index (χ1v) is 11.1. The maximum atomic E-state index is 13.2. The maximum absolute atomic E-state index is 13.2. The topological polar surface area (TPSA) is 38.8 Å². The minimum atomic E-state index is -0.0695. The highest BCUT2D eigenvalue weighted by Crippen LogP contribution is 2.26. The van der Waals surface area contributed by atoms with Gasteiger partial charge in [-0.25, -0.2) is 0 Å². The predicted octanol–water partition coefficient (Wildman–Crippen LogP) is 2.84. The second-order valence-electron chi connectivity index (χ2n) is 8.22. The minimum absolute atomic E-state index is 0.0695. The standard InChI is InChI=1S/C22H35ClN4O/c1-4-26(5-2)22(28)21-14-19(24-18-10-12-25(3)13-11-18)16-27(21)15-17-8-6-7-9-20(17)23/h6-9,18-19,21,24H,4-5,10-16H2,1-3H3/t19-,21-/m0/s1. The summed E-state index contributed by atoms with van der Waals surface area (Å²) in [5, 5.41) is 4.64. The molecule has 28 heavy (non-hydrogen) atoms. The van der Waals surface area contributed by atoms with Crippen LogP contribution in [0.2, 0.25) is 5.02 Å². The van der Waals surface area contributed by atoms with E-state index in [0.29, 0.717) is 12.1 Å². The van der Waals surface area contributed by atoms with Crippen molar-refractivity contribution in [2.24, 2.45) is 0 Å². The lowest BCUT2D eigenvalue weighted by atomic mass is 10.0. The number of likely N-dealkylation sites (N-methyl/N-ethyl adjacent to an activating group) is 1. The van der Waals surface area contributed by atoms with Crippen LogP contribution in [0.3, 0.4) is 0 Å². The highest BCUT2D eigenvalue weighted by atomic mass is 35.5. The quantitative estimate of drug-likeness (QED) is 0.755. The number of halogens is 1. The first kappa shape index (κ1) is 21.6. The van der Waals surface area contributed by atoms with Crippen LogP contribution in [0.5, 0.6) is 0 Å². The maximum Gasteiger partial charge on any atom is 0.239 e. The van der Waals surface area contributed by atoms with Gasteiger partial charge < -0.3 is 15.1 Å².